The van der Waals surface area contributed by atoms with E-state index in [-0.39, 0.29) is 11.9 Å². The van der Waals surface area contributed by atoms with Crippen molar-refractivity contribution in [1.29, 1.82) is 0 Å². The molecule has 0 unspecified atom stereocenters. The normalized spacial score (nSPS) is 16.7. The van der Waals surface area contributed by atoms with E-state index in [1.807, 2.05) is 26.8 Å². The molecule has 0 fully saturated rings. The summed E-state index contributed by atoms with van der Waals surface area (Å²) in [7, 11) is 1.61. The number of hydrogen-bond donors (Lipinski definition) is 2. The number of fused-ring (bicyclic) bond motifs is 1. The monoisotopic (exact) mass is 569 g/mol. The van der Waals surface area contributed by atoms with E-state index in [0.717, 1.165) is 5.57 Å². The zero-order valence-corrected chi connectivity index (χ0v) is 25.1. The predicted octanol–water partition coefficient (Wildman–Crippen LogP) is 6.43. The number of rotatable bonds is 5. The van der Waals surface area contributed by atoms with E-state index >= 15 is 4.39 Å². The highest BCUT2D eigenvalue weighted by atomic mass is 19.1. The molecule has 2 aliphatic rings. The summed E-state index contributed by atoms with van der Waals surface area (Å²) in [6.45, 7) is 13.0. The Morgan fingerprint density at radius 2 is 1.78 bits per heavy atom. The van der Waals surface area contributed by atoms with Gasteiger partial charge in [-0.25, -0.2) is 23.9 Å². The number of aryl methyl sites for hydroxylation is 1. The van der Waals surface area contributed by atoms with Crippen LogP contribution in [-0.4, -0.2) is 53.1 Å². The molecule has 10 nitrogen and oxygen atoms in total. The highest BCUT2D eigenvalue weighted by Crippen LogP contribution is 2.41. The molecule has 0 spiro atoms. The summed E-state index contributed by atoms with van der Waals surface area (Å²) >= 11 is 0. The summed E-state index contributed by atoms with van der Waals surface area (Å²) in [4.78, 5) is 35.2. The SMILES string of the molecule is Cc1cc(N(C)C(=O)OC(C)(C)C)cc(Nc2nc3c(c(C4=CC[C@H](NC(=O)OC(C)(C)C)CC4)c2F)OCC3)n1. The molecule has 11 heteroatoms. The van der Waals surface area contributed by atoms with Crippen molar-refractivity contribution >= 4 is 35.1 Å². The summed E-state index contributed by atoms with van der Waals surface area (Å²) in [5.74, 6) is 0.287. The third-order valence-electron chi connectivity index (χ3n) is 6.44. The molecule has 2 N–H and O–H groups in total. The molecule has 0 aromatic carbocycles. The fourth-order valence-electron chi connectivity index (χ4n) is 4.67. The second-order valence-corrected chi connectivity index (χ2v) is 12.4. The molecule has 2 aromatic heterocycles. The molecule has 3 heterocycles. The van der Waals surface area contributed by atoms with Gasteiger partial charge in [-0.15, -0.1) is 0 Å². The van der Waals surface area contributed by atoms with E-state index < -0.39 is 29.2 Å². The Morgan fingerprint density at radius 1 is 1.07 bits per heavy atom. The number of amides is 2. The van der Waals surface area contributed by atoms with Crippen LogP contribution in [0, 0.1) is 12.7 Å². The summed E-state index contributed by atoms with van der Waals surface area (Å²) in [5, 5.41) is 5.93. The topological polar surface area (TPSA) is 115 Å². The van der Waals surface area contributed by atoms with E-state index in [2.05, 4.69) is 20.6 Å². The first-order valence-electron chi connectivity index (χ1n) is 13.9. The predicted molar refractivity (Wildman–Crippen MR) is 155 cm³/mol. The Kier molecular flexibility index (Phi) is 8.46. The lowest BCUT2D eigenvalue weighted by atomic mass is 9.90. The number of hydrogen-bond acceptors (Lipinski definition) is 8. The summed E-state index contributed by atoms with van der Waals surface area (Å²) < 4.78 is 32.8. The van der Waals surface area contributed by atoms with Crippen molar-refractivity contribution < 1.29 is 28.2 Å². The Balaban J connectivity index is 1.58. The minimum absolute atomic E-state index is 0.0307. The first-order valence-corrected chi connectivity index (χ1v) is 13.9. The number of carbonyl (C=O) groups is 2. The second-order valence-electron chi connectivity index (χ2n) is 12.4. The number of carbonyl (C=O) groups excluding carboxylic acids is 2. The van der Waals surface area contributed by atoms with Crippen LogP contribution in [0.25, 0.3) is 5.57 Å². The molecule has 2 aromatic rings. The fourth-order valence-corrected chi connectivity index (χ4v) is 4.67. The number of nitrogens with zero attached hydrogens (tertiary/aromatic N) is 3. The Bertz CT molecular complexity index is 1360. The van der Waals surface area contributed by atoms with Crippen molar-refractivity contribution in [2.24, 2.45) is 0 Å². The molecule has 1 aliphatic carbocycles. The van der Waals surface area contributed by atoms with E-state index in [1.54, 1.807) is 46.9 Å². The van der Waals surface area contributed by atoms with Gasteiger partial charge in [0.25, 0.3) is 0 Å². The van der Waals surface area contributed by atoms with Crippen molar-refractivity contribution in [2.45, 2.75) is 91.4 Å². The van der Waals surface area contributed by atoms with Crippen LogP contribution in [0.4, 0.5) is 31.3 Å². The van der Waals surface area contributed by atoms with E-state index in [4.69, 9.17) is 14.2 Å². The number of ether oxygens (including phenoxy) is 3. The molecular weight excluding hydrogens is 529 g/mol. The highest BCUT2D eigenvalue weighted by Gasteiger charge is 2.30. The van der Waals surface area contributed by atoms with Crippen molar-refractivity contribution in [1.82, 2.24) is 15.3 Å². The van der Waals surface area contributed by atoms with E-state index in [9.17, 15) is 9.59 Å². The quantitative estimate of drug-likeness (QED) is 0.423. The number of alkyl carbamates (subject to hydrolysis) is 1. The summed E-state index contributed by atoms with van der Waals surface area (Å²) in [5.41, 5.74) is 1.78. The Labute approximate surface area is 240 Å². The van der Waals surface area contributed by atoms with Crippen molar-refractivity contribution in [3.8, 4) is 5.75 Å². The maximum atomic E-state index is 16.1. The molecule has 1 aliphatic heterocycles. The maximum Gasteiger partial charge on any atom is 0.414 e. The highest BCUT2D eigenvalue weighted by molar-refractivity contribution is 5.88. The average molecular weight is 570 g/mol. The minimum atomic E-state index is -0.649. The van der Waals surface area contributed by atoms with Gasteiger partial charge in [0.1, 0.15) is 17.0 Å². The second kappa shape index (κ2) is 11.5. The standard InChI is InChI=1S/C30H40FN5O5/c1-17-15-20(36(8)28(38)41-30(5,6)7)16-22(32-17)35-26-24(31)23(25-21(34-26)13-14-39-25)18-9-11-19(12-10-18)33-27(37)40-29(2,3)4/h9,15-16,19H,10-14H2,1-8H3,(H,33,37)(H,32,34,35)/t19-/m0/s1. The molecule has 0 bridgehead atoms. The average Bonchev–Trinajstić information content (AvgIpc) is 3.30. The minimum Gasteiger partial charge on any atom is -0.491 e. The number of allylic oxidation sites excluding steroid dienone is 1. The molecule has 41 heavy (non-hydrogen) atoms. The number of anilines is 3. The zero-order chi connectivity index (χ0) is 30.1. The fraction of sp³-hybridized carbons (Fsp3) is 0.533. The molecule has 0 radical (unpaired) electrons. The summed E-state index contributed by atoms with van der Waals surface area (Å²) in [6, 6.07) is 3.28. The van der Waals surface area contributed by atoms with E-state index in [0.29, 0.717) is 66.5 Å². The van der Waals surface area contributed by atoms with Gasteiger partial charge in [-0.05, 0) is 79.4 Å². The number of pyridine rings is 2. The van der Waals surface area contributed by atoms with Gasteiger partial charge in [0.15, 0.2) is 17.4 Å². The number of nitrogens with one attached hydrogen (secondary N) is 2. The lowest BCUT2D eigenvalue weighted by Gasteiger charge is -2.26. The smallest absolute Gasteiger partial charge is 0.414 e. The molecule has 1 atom stereocenters. The van der Waals surface area contributed by atoms with Crippen LogP contribution < -0.4 is 20.3 Å². The molecule has 0 saturated heterocycles. The van der Waals surface area contributed by atoms with Crippen LogP contribution in [0.5, 0.6) is 5.75 Å². The molecule has 2 amide bonds. The van der Waals surface area contributed by atoms with Crippen LogP contribution in [0.15, 0.2) is 18.2 Å². The lowest BCUT2D eigenvalue weighted by Crippen LogP contribution is -2.39. The maximum absolute atomic E-state index is 16.1. The van der Waals surface area contributed by atoms with Crippen LogP contribution in [0.1, 0.15) is 77.8 Å². The molecule has 4 rings (SSSR count). The Hall–Kier alpha value is -3.89. The first kappa shape index (κ1) is 30.1. The van der Waals surface area contributed by atoms with Crippen LogP contribution in [0.3, 0.4) is 0 Å². The van der Waals surface area contributed by atoms with Gasteiger partial charge in [0.05, 0.1) is 23.6 Å². The molecule has 222 valence electrons. The largest absolute Gasteiger partial charge is 0.491 e. The van der Waals surface area contributed by atoms with Gasteiger partial charge in [0.2, 0.25) is 0 Å². The van der Waals surface area contributed by atoms with Crippen LogP contribution >= 0.6 is 0 Å². The first-order chi connectivity index (χ1) is 19.1. The van der Waals surface area contributed by atoms with Gasteiger partial charge in [-0.3, -0.25) is 4.90 Å². The van der Waals surface area contributed by atoms with Gasteiger partial charge >= 0.3 is 12.2 Å². The van der Waals surface area contributed by atoms with Crippen molar-refractivity contribution in [2.75, 3.05) is 23.9 Å². The van der Waals surface area contributed by atoms with Crippen molar-refractivity contribution in [3.63, 3.8) is 0 Å². The van der Waals surface area contributed by atoms with Gasteiger partial charge < -0.3 is 24.8 Å². The van der Waals surface area contributed by atoms with Crippen LogP contribution in [-0.2, 0) is 15.9 Å². The van der Waals surface area contributed by atoms with E-state index in [1.165, 1.54) is 4.90 Å². The lowest BCUT2D eigenvalue weighted by molar-refractivity contribution is 0.0500. The molecule has 0 saturated carbocycles. The Morgan fingerprint density at radius 3 is 2.41 bits per heavy atom. The van der Waals surface area contributed by atoms with Gasteiger partial charge in [-0.2, -0.15) is 0 Å². The summed E-state index contributed by atoms with van der Waals surface area (Å²) in [6.07, 6.45) is 3.23. The van der Waals surface area contributed by atoms with Gasteiger partial charge in [0, 0.05) is 31.3 Å². The van der Waals surface area contributed by atoms with Gasteiger partial charge in [-0.1, -0.05) is 6.08 Å². The van der Waals surface area contributed by atoms with Crippen LogP contribution in [0.2, 0.25) is 0 Å². The van der Waals surface area contributed by atoms with Crippen molar-refractivity contribution in [3.05, 3.63) is 41.0 Å². The number of halogens is 1. The third kappa shape index (κ3) is 7.65. The number of aromatic nitrogens is 2. The zero-order valence-electron chi connectivity index (χ0n) is 25.1. The molecular formula is C30H40FN5O5. The third-order valence-corrected chi connectivity index (χ3v) is 6.44.